The van der Waals surface area contributed by atoms with Crippen LogP contribution in [0.4, 0.5) is 0 Å². The molecule has 0 aliphatic rings. The highest BCUT2D eigenvalue weighted by Gasteiger charge is 2.24. The van der Waals surface area contributed by atoms with Gasteiger partial charge in [0.05, 0.1) is 22.3 Å². The van der Waals surface area contributed by atoms with E-state index in [0.29, 0.717) is 65.7 Å². The fourth-order valence-electron chi connectivity index (χ4n) is 9.87. The minimum atomic E-state index is -1.70. The van der Waals surface area contributed by atoms with Crippen LogP contribution >= 0.6 is 0 Å². The quantitative estimate of drug-likeness (QED) is 0.0233. The lowest BCUT2D eigenvalue weighted by Crippen LogP contribution is -2.41. The van der Waals surface area contributed by atoms with Gasteiger partial charge in [-0.15, -0.1) is 0 Å². The predicted molar refractivity (Wildman–Crippen MR) is 310 cm³/mol. The van der Waals surface area contributed by atoms with E-state index < -0.39 is 21.4 Å². The van der Waals surface area contributed by atoms with Crippen molar-refractivity contribution < 1.29 is 58.0 Å². The fraction of sp³-hybridized carbons (Fsp3) is 0.143. The van der Waals surface area contributed by atoms with E-state index in [9.17, 15) is 39.7 Å². The van der Waals surface area contributed by atoms with E-state index in [1.807, 2.05) is 136 Å². The molecule has 398 valence electrons. The summed E-state index contributed by atoms with van der Waals surface area (Å²) in [4.78, 5) is 26.8. The van der Waals surface area contributed by atoms with Gasteiger partial charge in [-0.3, -0.25) is 9.59 Å². The molecule has 80 heavy (non-hydrogen) atoms. The average Bonchev–Trinajstić information content (AvgIpc) is 3.45. The van der Waals surface area contributed by atoms with Crippen molar-refractivity contribution in [3.8, 4) is 44.5 Å². The van der Waals surface area contributed by atoms with Crippen molar-refractivity contribution in [3.63, 3.8) is 0 Å². The molecule has 14 nitrogen and oxygen atoms in total. The molecular weight excluding hydrogens is 1000 g/mol. The summed E-state index contributed by atoms with van der Waals surface area (Å²) < 4.78 is 8.13. The van der Waals surface area contributed by atoms with Gasteiger partial charge in [-0.2, -0.15) is 9.13 Å². The van der Waals surface area contributed by atoms with E-state index in [0.717, 1.165) is 66.8 Å². The number of rotatable bonds is 21. The van der Waals surface area contributed by atoms with Gasteiger partial charge < -0.3 is 40.8 Å². The topological polar surface area (TPSA) is 195 Å². The minimum absolute atomic E-state index is 0.250. The van der Waals surface area contributed by atoms with Gasteiger partial charge in [0.2, 0.25) is 5.91 Å². The van der Waals surface area contributed by atoms with Crippen molar-refractivity contribution in [1.82, 2.24) is 10.6 Å². The number of aryl methyl sites for hydroxylation is 1. The molecule has 9 aromatic rings. The Bertz CT molecular complexity index is 3730. The van der Waals surface area contributed by atoms with Crippen molar-refractivity contribution in [2.75, 3.05) is 13.1 Å². The van der Waals surface area contributed by atoms with Crippen LogP contribution in [0.2, 0.25) is 0 Å². The maximum atomic E-state index is 14.5. The normalized spacial score (nSPS) is 11.0. The lowest BCUT2D eigenvalue weighted by molar-refractivity contribution is -0.689. The molecule has 0 fully saturated rings. The lowest BCUT2D eigenvalue weighted by Gasteiger charge is -2.13. The summed E-state index contributed by atoms with van der Waals surface area (Å²) in [6, 6.07) is 47.7. The molecule has 5 aromatic carbocycles. The Kier molecular flexibility index (Phi) is 18.1. The van der Waals surface area contributed by atoms with Crippen LogP contribution in [0.3, 0.4) is 0 Å². The van der Waals surface area contributed by atoms with Crippen LogP contribution in [0.5, 0.6) is 0 Å². The minimum Gasteiger partial charge on any atom is -0.423 e. The SMILES string of the molecule is C=C(C)C(=O)NCCCNC(=O)c1cc(-c2cc(-c3ccc[n+](Cc4ccccc4B(O)O)c3)c[n+](Cc3ccccc3C)c2)cc(-c2cc(-c3ccc[n+](Cc4ccccc4B(O)O)c3)c[n+](Cc3ccccc3B(O)O)c2)c1. The summed E-state index contributed by atoms with van der Waals surface area (Å²) in [7, 11) is -4.97. The highest BCUT2D eigenvalue weighted by atomic mass is 16.4. The summed E-state index contributed by atoms with van der Waals surface area (Å²) in [6.45, 7) is 9.65. The number of hydrogen-bond acceptors (Lipinski definition) is 8. The van der Waals surface area contributed by atoms with Crippen LogP contribution in [0.15, 0.2) is 213 Å². The summed E-state index contributed by atoms with van der Waals surface area (Å²) in [5.41, 5.74) is 13.0. The van der Waals surface area contributed by atoms with E-state index >= 15 is 0 Å². The Balaban J connectivity index is 1.19. The molecule has 17 heteroatoms. The van der Waals surface area contributed by atoms with Gasteiger partial charge in [-0.25, -0.2) is 9.13 Å². The van der Waals surface area contributed by atoms with Crippen LogP contribution in [0.25, 0.3) is 44.5 Å². The number of carbonyl (C=O) groups excluding carboxylic acids is 2. The van der Waals surface area contributed by atoms with Gasteiger partial charge in [0, 0.05) is 69.7 Å². The van der Waals surface area contributed by atoms with Crippen molar-refractivity contribution >= 4 is 49.6 Å². The second kappa shape index (κ2) is 25.9. The Labute approximate surface area is 467 Å². The second-order valence-corrected chi connectivity index (χ2v) is 20.1. The molecule has 9 rings (SSSR count). The highest BCUT2D eigenvalue weighted by Crippen LogP contribution is 2.32. The van der Waals surface area contributed by atoms with Crippen molar-refractivity contribution in [1.29, 1.82) is 0 Å². The first-order valence-electron chi connectivity index (χ1n) is 26.5. The first kappa shape index (κ1) is 56.1. The van der Waals surface area contributed by atoms with Crippen LogP contribution in [0.1, 0.15) is 51.5 Å². The number of pyridine rings is 4. The molecule has 2 amide bonds. The Morgan fingerprint density at radius 2 is 0.800 bits per heavy atom. The molecule has 4 aromatic heterocycles. The van der Waals surface area contributed by atoms with Gasteiger partial charge in [0.15, 0.2) is 75.8 Å². The largest absolute Gasteiger partial charge is 0.488 e. The van der Waals surface area contributed by atoms with Crippen molar-refractivity contribution in [2.24, 2.45) is 0 Å². The number of nitrogens with zero attached hydrogens (tertiary/aromatic N) is 4. The molecule has 0 spiro atoms. The van der Waals surface area contributed by atoms with Gasteiger partial charge in [-0.1, -0.05) is 104 Å². The number of aromatic nitrogens is 4. The molecule has 4 heterocycles. The zero-order chi connectivity index (χ0) is 56.3. The molecule has 0 atom stereocenters. The monoisotopic (exact) mass is 1060 g/mol. The van der Waals surface area contributed by atoms with Crippen LogP contribution < -0.4 is 45.3 Å². The smallest absolute Gasteiger partial charge is 0.423 e. The number of hydrogen-bond donors (Lipinski definition) is 8. The van der Waals surface area contributed by atoms with E-state index in [1.165, 1.54) is 0 Å². The van der Waals surface area contributed by atoms with E-state index in [-0.39, 0.29) is 24.9 Å². The number of amides is 2. The van der Waals surface area contributed by atoms with E-state index in [2.05, 4.69) is 71.4 Å². The summed E-state index contributed by atoms with van der Waals surface area (Å²) in [5.74, 6) is -0.562. The molecule has 0 aliphatic carbocycles. The van der Waals surface area contributed by atoms with Crippen LogP contribution in [-0.2, 0) is 31.0 Å². The molecule has 8 N–H and O–H groups in total. The molecule has 0 aliphatic heterocycles. The molecule has 0 unspecified atom stereocenters. The highest BCUT2D eigenvalue weighted by molar-refractivity contribution is 6.60. The Morgan fingerprint density at radius 1 is 0.438 bits per heavy atom. The lowest BCUT2D eigenvalue weighted by atomic mass is 9.77. The zero-order valence-electron chi connectivity index (χ0n) is 44.7. The molecule has 0 bridgehead atoms. The third kappa shape index (κ3) is 14.1. The number of carbonyl (C=O) groups is 2. The Morgan fingerprint density at radius 3 is 1.24 bits per heavy atom. The van der Waals surface area contributed by atoms with Crippen LogP contribution in [0, 0.1) is 6.92 Å². The fourth-order valence-corrected chi connectivity index (χ4v) is 9.87. The van der Waals surface area contributed by atoms with Gasteiger partial charge >= 0.3 is 21.4 Å². The van der Waals surface area contributed by atoms with Gasteiger partial charge in [0.25, 0.3) is 5.91 Å². The van der Waals surface area contributed by atoms with E-state index in [1.54, 1.807) is 43.3 Å². The summed E-state index contributed by atoms with van der Waals surface area (Å²) in [5, 5.41) is 67.6. The Hall–Kier alpha value is -8.67. The zero-order valence-corrected chi connectivity index (χ0v) is 44.7. The third-order valence-electron chi connectivity index (χ3n) is 14.1. The van der Waals surface area contributed by atoms with Crippen LogP contribution in [-0.4, -0.2) is 76.4 Å². The van der Waals surface area contributed by atoms with Gasteiger partial charge in [-0.05, 0) is 95.8 Å². The maximum Gasteiger partial charge on any atom is 0.488 e. The molecule has 0 saturated heterocycles. The second-order valence-electron chi connectivity index (χ2n) is 20.1. The predicted octanol–water partition coefficient (Wildman–Crippen LogP) is 2.86. The third-order valence-corrected chi connectivity index (χ3v) is 14.1. The van der Waals surface area contributed by atoms with Gasteiger partial charge in [0.1, 0.15) is 0 Å². The number of benzene rings is 5. The van der Waals surface area contributed by atoms with E-state index in [4.69, 9.17) is 0 Å². The first-order chi connectivity index (χ1) is 38.6. The van der Waals surface area contributed by atoms with Crippen molar-refractivity contribution in [2.45, 2.75) is 46.4 Å². The first-order valence-corrected chi connectivity index (χ1v) is 26.5. The molecular formula is C63H63B3N6O8+4. The standard InChI is InChI=1S/C63H61B3N6O8/c1-44(2)62(73)67-25-14-26-68-63(74)54-30-52(57-32-55(40-71(42-57)34-46-16-5-4-15-45(46)3)47-20-12-27-69(35-47)37-49-17-6-9-22-59(49)64(75)76)29-53(31-54)58-33-56(41-72(43-58)39-51-19-8-11-24-61(51)66(79)80)48-21-13-28-70(36-48)38-50-18-7-10-23-60(50)65(77)78/h4-13,15-24,27-33,35-36,40-43,75-80H,1,14,25-26,34,37-39H2,2-3H3/q+2/p+2. The summed E-state index contributed by atoms with van der Waals surface area (Å²) in [6.07, 6.45) is 16.5. The maximum absolute atomic E-state index is 14.5. The summed E-state index contributed by atoms with van der Waals surface area (Å²) >= 11 is 0. The molecule has 0 radical (unpaired) electrons. The average molecular weight is 1060 g/mol. The molecule has 0 saturated carbocycles. The number of nitrogens with one attached hydrogen (secondary N) is 2. The van der Waals surface area contributed by atoms with Crippen molar-refractivity contribution in [3.05, 3.63) is 247 Å².